The smallest absolute Gasteiger partial charge is 0.330 e. The van der Waals surface area contributed by atoms with Crippen LogP contribution in [0, 0.1) is 5.41 Å². The Morgan fingerprint density at radius 3 is 1.95 bits per heavy atom. The first-order chi connectivity index (χ1) is 9.44. The Hall–Kier alpha value is -1.39. The minimum atomic E-state index is -0.616. The molecule has 5 heteroatoms. The largest absolute Gasteiger partial charge is 0.338 e. The fraction of sp³-hybridized carbons (Fsp3) is 0.800. The average molecular weight is 283 g/mol. The van der Waals surface area contributed by atoms with Crippen LogP contribution < -0.4 is 0 Å². The lowest BCUT2D eigenvalue weighted by Gasteiger charge is -2.28. The fourth-order valence-electron chi connectivity index (χ4n) is 2.31. The maximum atomic E-state index is 12.4. The lowest BCUT2D eigenvalue weighted by Crippen LogP contribution is -2.39. The summed E-state index contributed by atoms with van der Waals surface area (Å²) in [6.45, 7) is 6.00. The molecule has 0 radical (unpaired) electrons. The molecule has 0 unspecified atom stereocenters. The van der Waals surface area contributed by atoms with E-state index in [1.807, 2.05) is 6.92 Å². The van der Waals surface area contributed by atoms with Crippen LogP contribution in [0.1, 0.15) is 72.1 Å². The molecule has 1 aliphatic heterocycles. The Morgan fingerprint density at radius 2 is 1.55 bits per heavy atom. The van der Waals surface area contributed by atoms with Crippen LogP contribution in [0.25, 0.3) is 0 Å². The molecule has 0 aliphatic carbocycles. The number of hydrogen-bond acceptors (Lipinski definition) is 4. The molecule has 20 heavy (non-hydrogen) atoms. The number of nitrogens with zero attached hydrogens (tertiary/aromatic N) is 1. The quantitative estimate of drug-likeness (QED) is 0.642. The van der Waals surface area contributed by atoms with Crippen molar-refractivity contribution in [2.45, 2.75) is 72.1 Å². The summed E-state index contributed by atoms with van der Waals surface area (Å²) in [5.41, 5.74) is -0.616. The molecule has 1 saturated heterocycles. The van der Waals surface area contributed by atoms with E-state index in [-0.39, 0.29) is 12.8 Å². The van der Waals surface area contributed by atoms with Crippen LogP contribution in [0.4, 0.5) is 0 Å². The van der Waals surface area contributed by atoms with Gasteiger partial charge in [-0.1, -0.05) is 39.5 Å². The van der Waals surface area contributed by atoms with E-state index in [4.69, 9.17) is 4.84 Å². The first kappa shape index (κ1) is 16.7. The summed E-state index contributed by atoms with van der Waals surface area (Å²) in [6.07, 6.45) is 5.55. The zero-order valence-corrected chi connectivity index (χ0v) is 12.7. The van der Waals surface area contributed by atoms with Gasteiger partial charge in [-0.3, -0.25) is 9.59 Å². The molecular formula is C15H25NO4. The molecular weight excluding hydrogens is 258 g/mol. The standard InChI is InChI=1S/C15H25NO4/c1-4-6-10-15(3,11-7-5-2)14(19)20-16-12(17)8-9-13(16)18/h4-11H2,1-3H3. The molecule has 114 valence electrons. The molecule has 0 aromatic carbocycles. The lowest BCUT2D eigenvalue weighted by atomic mass is 9.80. The van der Waals surface area contributed by atoms with Crippen molar-refractivity contribution in [3.63, 3.8) is 0 Å². The second kappa shape index (κ2) is 7.41. The van der Waals surface area contributed by atoms with Gasteiger partial charge in [0, 0.05) is 12.8 Å². The maximum Gasteiger partial charge on any atom is 0.338 e. The Balaban J connectivity index is 2.71. The van der Waals surface area contributed by atoms with Crippen LogP contribution in [0.15, 0.2) is 0 Å². The zero-order valence-electron chi connectivity index (χ0n) is 12.7. The van der Waals surface area contributed by atoms with Gasteiger partial charge in [-0.25, -0.2) is 4.79 Å². The number of rotatable bonds is 8. The summed E-state index contributed by atoms with van der Waals surface area (Å²) in [7, 11) is 0. The van der Waals surface area contributed by atoms with Crippen LogP contribution in [-0.2, 0) is 19.2 Å². The van der Waals surface area contributed by atoms with Crippen LogP contribution in [-0.4, -0.2) is 22.8 Å². The second-order valence-corrected chi connectivity index (χ2v) is 5.73. The highest BCUT2D eigenvalue weighted by Gasteiger charge is 2.39. The third kappa shape index (κ3) is 4.05. The Labute approximate surface area is 120 Å². The molecule has 1 aliphatic rings. The second-order valence-electron chi connectivity index (χ2n) is 5.73. The van der Waals surface area contributed by atoms with E-state index >= 15 is 0 Å². The Morgan fingerprint density at radius 1 is 1.10 bits per heavy atom. The van der Waals surface area contributed by atoms with E-state index in [0.29, 0.717) is 5.06 Å². The molecule has 0 aromatic rings. The monoisotopic (exact) mass is 283 g/mol. The number of unbranched alkanes of at least 4 members (excludes halogenated alkanes) is 2. The highest BCUT2D eigenvalue weighted by molar-refractivity contribution is 6.01. The van der Waals surface area contributed by atoms with E-state index in [1.165, 1.54) is 0 Å². The lowest BCUT2D eigenvalue weighted by molar-refractivity contribution is -0.205. The van der Waals surface area contributed by atoms with E-state index < -0.39 is 23.2 Å². The molecule has 0 atom stereocenters. The maximum absolute atomic E-state index is 12.4. The number of carbonyl (C=O) groups excluding carboxylic acids is 3. The number of imide groups is 1. The minimum Gasteiger partial charge on any atom is -0.330 e. The first-order valence-electron chi connectivity index (χ1n) is 7.52. The van der Waals surface area contributed by atoms with Crippen molar-refractivity contribution in [1.82, 2.24) is 5.06 Å². The molecule has 0 spiro atoms. The number of carbonyl (C=O) groups is 3. The normalized spacial score (nSPS) is 15.8. The van der Waals surface area contributed by atoms with Crippen molar-refractivity contribution in [3.8, 4) is 0 Å². The molecule has 1 heterocycles. The fourth-order valence-corrected chi connectivity index (χ4v) is 2.31. The van der Waals surface area contributed by atoms with Gasteiger partial charge in [-0.05, 0) is 19.8 Å². The number of hydroxylamine groups is 2. The van der Waals surface area contributed by atoms with Crippen molar-refractivity contribution >= 4 is 17.8 Å². The predicted octanol–water partition coefficient (Wildman–Crippen LogP) is 2.98. The highest BCUT2D eigenvalue weighted by Crippen LogP contribution is 2.33. The van der Waals surface area contributed by atoms with Gasteiger partial charge in [0.15, 0.2) is 0 Å². The molecule has 1 fully saturated rings. The van der Waals surface area contributed by atoms with Crippen molar-refractivity contribution in [2.75, 3.05) is 0 Å². The zero-order chi connectivity index (χ0) is 15.2. The summed E-state index contributed by atoms with van der Waals surface area (Å²) in [5.74, 6) is -1.30. The molecule has 2 amide bonds. The molecule has 1 rings (SSSR count). The third-order valence-corrected chi connectivity index (χ3v) is 3.84. The highest BCUT2D eigenvalue weighted by atomic mass is 16.7. The van der Waals surface area contributed by atoms with Gasteiger partial charge < -0.3 is 4.84 Å². The van der Waals surface area contributed by atoms with Crippen molar-refractivity contribution in [3.05, 3.63) is 0 Å². The van der Waals surface area contributed by atoms with Gasteiger partial charge in [0.1, 0.15) is 0 Å². The summed E-state index contributed by atoms with van der Waals surface area (Å²) < 4.78 is 0. The molecule has 0 bridgehead atoms. The van der Waals surface area contributed by atoms with Gasteiger partial charge in [0.25, 0.3) is 11.8 Å². The van der Waals surface area contributed by atoms with Crippen molar-refractivity contribution in [1.29, 1.82) is 0 Å². The molecule has 0 saturated carbocycles. The van der Waals surface area contributed by atoms with Crippen LogP contribution in [0.5, 0.6) is 0 Å². The molecule has 5 nitrogen and oxygen atoms in total. The number of amides is 2. The van der Waals surface area contributed by atoms with Crippen LogP contribution in [0.2, 0.25) is 0 Å². The summed E-state index contributed by atoms with van der Waals surface area (Å²) in [6, 6.07) is 0. The van der Waals surface area contributed by atoms with Gasteiger partial charge in [0.2, 0.25) is 0 Å². The van der Waals surface area contributed by atoms with Gasteiger partial charge in [0.05, 0.1) is 5.41 Å². The van der Waals surface area contributed by atoms with Gasteiger partial charge >= 0.3 is 5.97 Å². The van der Waals surface area contributed by atoms with Crippen molar-refractivity contribution in [2.24, 2.45) is 5.41 Å². The summed E-state index contributed by atoms with van der Waals surface area (Å²) >= 11 is 0. The minimum absolute atomic E-state index is 0.132. The Kier molecular flexibility index (Phi) is 6.17. The summed E-state index contributed by atoms with van der Waals surface area (Å²) in [4.78, 5) is 40.5. The topological polar surface area (TPSA) is 63.7 Å². The van der Waals surface area contributed by atoms with Crippen LogP contribution in [0.3, 0.4) is 0 Å². The SMILES string of the molecule is CCCCC(C)(CCCC)C(=O)ON1C(=O)CCC1=O. The Bertz CT molecular complexity index is 354. The van der Waals surface area contributed by atoms with E-state index in [1.54, 1.807) is 0 Å². The van der Waals surface area contributed by atoms with Gasteiger partial charge in [-0.15, -0.1) is 5.06 Å². The number of hydrogen-bond donors (Lipinski definition) is 0. The summed E-state index contributed by atoms with van der Waals surface area (Å²) in [5, 5.41) is 0.651. The van der Waals surface area contributed by atoms with E-state index in [2.05, 4.69) is 13.8 Å². The third-order valence-electron chi connectivity index (χ3n) is 3.84. The molecule has 0 aromatic heterocycles. The van der Waals surface area contributed by atoms with E-state index in [9.17, 15) is 14.4 Å². The van der Waals surface area contributed by atoms with Gasteiger partial charge in [-0.2, -0.15) is 0 Å². The first-order valence-corrected chi connectivity index (χ1v) is 7.52. The molecule has 0 N–H and O–H groups in total. The predicted molar refractivity (Wildman–Crippen MR) is 74.3 cm³/mol. The average Bonchev–Trinajstić information content (AvgIpc) is 2.74. The van der Waals surface area contributed by atoms with Crippen LogP contribution >= 0.6 is 0 Å². The van der Waals surface area contributed by atoms with Crippen molar-refractivity contribution < 1.29 is 19.2 Å². The van der Waals surface area contributed by atoms with E-state index in [0.717, 1.165) is 38.5 Å².